The lowest BCUT2D eigenvalue weighted by Crippen LogP contribution is -2.27. The average Bonchev–Trinajstić information content (AvgIpc) is 2.79. The average molecular weight is 461 g/mol. The van der Waals surface area contributed by atoms with E-state index in [0.29, 0.717) is 11.4 Å². The van der Waals surface area contributed by atoms with Crippen molar-refractivity contribution in [2.24, 2.45) is 0 Å². The normalized spacial score (nSPS) is 11.0. The molecule has 0 aliphatic carbocycles. The van der Waals surface area contributed by atoms with Crippen molar-refractivity contribution >= 4 is 38.9 Å². The van der Waals surface area contributed by atoms with E-state index in [4.69, 9.17) is 21.1 Å². The maximum absolute atomic E-state index is 13.3. The summed E-state index contributed by atoms with van der Waals surface area (Å²) in [7, 11) is 0.235. The van der Waals surface area contributed by atoms with Gasteiger partial charge in [-0.25, -0.2) is 8.42 Å². The van der Waals surface area contributed by atoms with E-state index in [-0.39, 0.29) is 26.9 Å². The lowest BCUT2D eigenvalue weighted by Gasteiger charge is -2.23. The molecule has 0 aromatic heterocycles. The van der Waals surface area contributed by atoms with Gasteiger partial charge < -0.3 is 14.8 Å². The SMILES string of the molecule is COc1cc(OC)c(N(C)S(=O)(=O)c2cccc(C(=O)Nc3ccccc3)c2)cc1Cl. The molecule has 0 saturated carbocycles. The number of anilines is 2. The van der Waals surface area contributed by atoms with Crippen molar-refractivity contribution in [2.75, 3.05) is 30.9 Å². The van der Waals surface area contributed by atoms with Crippen molar-refractivity contribution in [1.29, 1.82) is 0 Å². The predicted octanol–water partition coefficient (Wildman–Crippen LogP) is 4.43. The molecule has 1 amide bonds. The number of amides is 1. The molecule has 0 atom stereocenters. The van der Waals surface area contributed by atoms with Crippen LogP contribution in [0.2, 0.25) is 5.02 Å². The second-order valence-corrected chi connectivity index (χ2v) is 8.86. The summed E-state index contributed by atoms with van der Waals surface area (Å²) < 4.78 is 38.0. The third-order valence-electron chi connectivity index (χ3n) is 4.58. The second-order valence-electron chi connectivity index (χ2n) is 6.48. The number of rotatable bonds is 7. The van der Waals surface area contributed by atoms with Crippen LogP contribution in [0.1, 0.15) is 10.4 Å². The van der Waals surface area contributed by atoms with Crippen molar-refractivity contribution in [2.45, 2.75) is 4.90 Å². The van der Waals surface area contributed by atoms with E-state index >= 15 is 0 Å². The Morgan fingerprint density at radius 2 is 1.61 bits per heavy atom. The van der Waals surface area contributed by atoms with Gasteiger partial charge in [0.15, 0.2) is 0 Å². The molecule has 0 radical (unpaired) electrons. The van der Waals surface area contributed by atoms with Gasteiger partial charge in [-0.15, -0.1) is 0 Å². The molecule has 9 heteroatoms. The maximum Gasteiger partial charge on any atom is 0.264 e. The van der Waals surface area contributed by atoms with Crippen LogP contribution in [0, 0.1) is 0 Å². The van der Waals surface area contributed by atoms with E-state index in [1.165, 1.54) is 51.6 Å². The molecule has 1 N–H and O–H groups in total. The van der Waals surface area contributed by atoms with Gasteiger partial charge in [-0.2, -0.15) is 0 Å². The Morgan fingerprint density at radius 3 is 2.26 bits per heavy atom. The van der Waals surface area contributed by atoms with Crippen LogP contribution in [-0.4, -0.2) is 35.6 Å². The van der Waals surface area contributed by atoms with Gasteiger partial charge in [0.25, 0.3) is 15.9 Å². The zero-order valence-electron chi connectivity index (χ0n) is 17.1. The van der Waals surface area contributed by atoms with E-state index in [0.717, 1.165) is 4.31 Å². The van der Waals surface area contributed by atoms with Crippen LogP contribution in [0.3, 0.4) is 0 Å². The Morgan fingerprint density at radius 1 is 0.935 bits per heavy atom. The molecule has 7 nitrogen and oxygen atoms in total. The molecule has 0 saturated heterocycles. The highest BCUT2D eigenvalue weighted by molar-refractivity contribution is 7.92. The minimum atomic E-state index is -4.02. The number of nitrogens with zero attached hydrogens (tertiary/aromatic N) is 1. The number of carbonyl (C=O) groups is 1. The molecule has 31 heavy (non-hydrogen) atoms. The molecule has 3 aromatic rings. The third-order valence-corrected chi connectivity index (χ3v) is 6.64. The summed E-state index contributed by atoms with van der Waals surface area (Å²) in [5.41, 5.74) is 1.04. The molecule has 0 bridgehead atoms. The summed E-state index contributed by atoms with van der Waals surface area (Å²) in [6, 6.07) is 17.6. The zero-order chi connectivity index (χ0) is 22.6. The quantitative estimate of drug-likeness (QED) is 0.563. The Kier molecular flexibility index (Phi) is 6.72. The van der Waals surface area contributed by atoms with Gasteiger partial charge in [0, 0.05) is 24.4 Å². The molecular weight excluding hydrogens is 440 g/mol. The number of para-hydroxylation sites is 1. The number of hydrogen-bond donors (Lipinski definition) is 1. The van der Waals surface area contributed by atoms with E-state index in [1.54, 1.807) is 30.3 Å². The highest BCUT2D eigenvalue weighted by atomic mass is 35.5. The van der Waals surface area contributed by atoms with E-state index in [2.05, 4.69) is 5.32 Å². The van der Waals surface area contributed by atoms with Gasteiger partial charge in [0.1, 0.15) is 11.5 Å². The molecule has 0 fully saturated rings. The summed E-state index contributed by atoms with van der Waals surface area (Å²) in [6.45, 7) is 0. The lowest BCUT2D eigenvalue weighted by atomic mass is 10.2. The monoisotopic (exact) mass is 460 g/mol. The van der Waals surface area contributed by atoms with Crippen molar-refractivity contribution in [3.63, 3.8) is 0 Å². The number of hydrogen-bond acceptors (Lipinski definition) is 5. The number of benzene rings is 3. The van der Waals surface area contributed by atoms with Crippen LogP contribution < -0.4 is 19.1 Å². The number of nitrogens with one attached hydrogen (secondary N) is 1. The maximum atomic E-state index is 13.3. The highest BCUT2D eigenvalue weighted by Crippen LogP contribution is 2.39. The molecule has 0 aliphatic rings. The number of methoxy groups -OCH3 is 2. The van der Waals surface area contributed by atoms with Crippen LogP contribution in [0.25, 0.3) is 0 Å². The molecule has 0 aliphatic heterocycles. The Bertz CT molecular complexity index is 1200. The van der Waals surface area contributed by atoms with E-state index < -0.39 is 15.9 Å². The topological polar surface area (TPSA) is 84.9 Å². The number of carbonyl (C=O) groups excluding carboxylic acids is 1. The van der Waals surface area contributed by atoms with Crippen LogP contribution in [-0.2, 0) is 10.0 Å². The number of sulfonamides is 1. The zero-order valence-corrected chi connectivity index (χ0v) is 18.7. The largest absolute Gasteiger partial charge is 0.495 e. The molecule has 0 unspecified atom stereocenters. The number of ether oxygens (including phenoxy) is 2. The Hall–Kier alpha value is -3.23. The third kappa shape index (κ3) is 4.76. The first-order chi connectivity index (χ1) is 14.8. The fourth-order valence-corrected chi connectivity index (χ4v) is 4.38. The molecule has 0 spiro atoms. The minimum Gasteiger partial charge on any atom is -0.495 e. The molecule has 3 aromatic carbocycles. The fourth-order valence-electron chi connectivity index (χ4n) is 2.90. The van der Waals surface area contributed by atoms with Gasteiger partial charge in [0.2, 0.25) is 0 Å². The van der Waals surface area contributed by atoms with Crippen molar-refractivity contribution in [3.8, 4) is 11.5 Å². The molecule has 162 valence electrons. The summed E-state index contributed by atoms with van der Waals surface area (Å²) in [5, 5.41) is 2.97. The highest BCUT2D eigenvalue weighted by Gasteiger charge is 2.26. The van der Waals surface area contributed by atoms with Crippen LogP contribution >= 0.6 is 11.6 Å². The van der Waals surface area contributed by atoms with Crippen molar-refractivity contribution < 1.29 is 22.7 Å². The van der Waals surface area contributed by atoms with Gasteiger partial charge in [-0.05, 0) is 36.4 Å². The summed E-state index contributed by atoms with van der Waals surface area (Å²) in [5.74, 6) is 0.203. The van der Waals surface area contributed by atoms with Gasteiger partial charge in [0.05, 0.1) is 29.8 Å². The second kappa shape index (κ2) is 9.28. The van der Waals surface area contributed by atoms with E-state index in [9.17, 15) is 13.2 Å². The lowest BCUT2D eigenvalue weighted by molar-refractivity contribution is 0.102. The first kappa shape index (κ1) is 22.5. The van der Waals surface area contributed by atoms with Crippen LogP contribution in [0.4, 0.5) is 11.4 Å². The summed E-state index contributed by atoms with van der Waals surface area (Å²) in [6.07, 6.45) is 0. The first-order valence-corrected chi connectivity index (χ1v) is 11.0. The van der Waals surface area contributed by atoms with Gasteiger partial charge in [-0.1, -0.05) is 35.9 Å². The van der Waals surface area contributed by atoms with Crippen molar-refractivity contribution in [3.05, 3.63) is 77.3 Å². The van der Waals surface area contributed by atoms with Crippen LogP contribution in [0.15, 0.2) is 71.6 Å². The first-order valence-electron chi connectivity index (χ1n) is 9.15. The van der Waals surface area contributed by atoms with Crippen molar-refractivity contribution in [1.82, 2.24) is 0 Å². The van der Waals surface area contributed by atoms with Gasteiger partial charge in [-0.3, -0.25) is 9.10 Å². The van der Waals surface area contributed by atoms with Crippen LogP contribution in [0.5, 0.6) is 11.5 Å². The number of halogens is 1. The van der Waals surface area contributed by atoms with E-state index in [1.807, 2.05) is 6.07 Å². The molecular formula is C22H21ClN2O5S. The fraction of sp³-hybridized carbons (Fsp3) is 0.136. The molecule has 3 rings (SSSR count). The summed E-state index contributed by atoms with van der Waals surface area (Å²) in [4.78, 5) is 12.5. The smallest absolute Gasteiger partial charge is 0.264 e. The minimum absolute atomic E-state index is 0.0512. The predicted molar refractivity (Wildman–Crippen MR) is 121 cm³/mol. The standard InChI is InChI=1S/C22H21ClN2O5S/c1-25(19-13-18(23)20(29-2)14-21(19)30-3)31(27,28)17-11-7-8-15(12-17)22(26)24-16-9-5-4-6-10-16/h4-14H,1-3H3,(H,24,26). The summed E-state index contributed by atoms with van der Waals surface area (Å²) >= 11 is 6.19. The Balaban J connectivity index is 1.94. The Labute approximate surface area is 186 Å². The molecule has 0 heterocycles. The van der Waals surface area contributed by atoms with Gasteiger partial charge >= 0.3 is 0 Å².